The average Bonchev–Trinajstić information content (AvgIpc) is 2.83. The first kappa shape index (κ1) is 15.4. The van der Waals surface area contributed by atoms with Gasteiger partial charge in [0.05, 0.1) is 6.61 Å². The number of nitrogens with zero attached hydrogens (tertiary/aromatic N) is 1. The third-order valence-electron chi connectivity index (χ3n) is 2.99. The minimum absolute atomic E-state index is 0.219. The van der Waals surface area contributed by atoms with Gasteiger partial charge in [-0.15, -0.1) is 11.3 Å². The standard InChI is InChI=1S/C12H14BrNO5S/c1-18-3-2-14-9(15)5-19-11(12(16)17)10(14)8-4-7(13)6-20-8/h4,6,10-11H,2-3,5H2,1H3,(H,16,17). The third-order valence-corrected chi connectivity index (χ3v) is 4.75. The van der Waals surface area contributed by atoms with E-state index in [1.165, 1.54) is 23.3 Å². The molecule has 1 fully saturated rings. The zero-order valence-electron chi connectivity index (χ0n) is 10.7. The van der Waals surface area contributed by atoms with Gasteiger partial charge in [-0.2, -0.15) is 0 Å². The number of morpholine rings is 1. The van der Waals surface area contributed by atoms with Crippen molar-refractivity contribution in [3.8, 4) is 0 Å². The maximum absolute atomic E-state index is 12.0. The van der Waals surface area contributed by atoms with Gasteiger partial charge >= 0.3 is 5.97 Å². The predicted octanol–water partition coefficient (Wildman–Crippen LogP) is 1.51. The summed E-state index contributed by atoms with van der Waals surface area (Å²) >= 11 is 4.73. The van der Waals surface area contributed by atoms with E-state index in [-0.39, 0.29) is 12.5 Å². The summed E-state index contributed by atoms with van der Waals surface area (Å²) in [7, 11) is 1.54. The number of ether oxygens (including phenoxy) is 2. The Kier molecular flexibility index (Phi) is 5.14. The van der Waals surface area contributed by atoms with E-state index in [1.807, 2.05) is 11.4 Å². The van der Waals surface area contributed by atoms with Crippen molar-refractivity contribution in [3.63, 3.8) is 0 Å². The van der Waals surface area contributed by atoms with Crippen LogP contribution in [-0.4, -0.2) is 54.9 Å². The Labute approximate surface area is 128 Å². The smallest absolute Gasteiger partial charge is 0.335 e. The number of thiophene rings is 1. The molecular formula is C12H14BrNO5S. The first-order valence-electron chi connectivity index (χ1n) is 5.91. The van der Waals surface area contributed by atoms with Crippen molar-refractivity contribution in [1.82, 2.24) is 4.90 Å². The molecule has 2 unspecified atom stereocenters. The molecule has 1 N–H and O–H groups in total. The number of amides is 1. The number of carboxylic acid groups (broad SMARTS) is 1. The van der Waals surface area contributed by atoms with E-state index in [2.05, 4.69) is 15.9 Å². The monoisotopic (exact) mass is 363 g/mol. The number of methoxy groups -OCH3 is 1. The highest BCUT2D eigenvalue weighted by Gasteiger charge is 2.42. The minimum atomic E-state index is -1.07. The fourth-order valence-corrected chi connectivity index (χ4v) is 3.68. The molecule has 0 bridgehead atoms. The van der Waals surface area contributed by atoms with Crippen LogP contribution in [0.2, 0.25) is 0 Å². The molecule has 1 aliphatic heterocycles. The van der Waals surface area contributed by atoms with Crippen molar-refractivity contribution in [1.29, 1.82) is 0 Å². The van der Waals surface area contributed by atoms with Crippen LogP contribution in [-0.2, 0) is 19.1 Å². The van der Waals surface area contributed by atoms with Crippen LogP contribution in [0, 0.1) is 0 Å². The van der Waals surface area contributed by atoms with Crippen LogP contribution in [0.25, 0.3) is 0 Å². The van der Waals surface area contributed by atoms with Gasteiger partial charge in [0.15, 0.2) is 6.10 Å². The summed E-state index contributed by atoms with van der Waals surface area (Å²) in [6.45, 7) is 0.466. The molecule has 8 heteroatoms. The minimum Gasteiger partial charge on any atom is -0.479 e. The highest BCUT2D eigenvalue weighted by atomic mass is 79.9. The quantitative estimate of drug-likeness (QED) is 0.857. The molecule has 110 valence electrons. The van der Waals surface area contributed by atoms with Gasteiger partial charge < -0.3 is 19.5 Å². The molecule has 2 atom stereocenters. The Morgan fingerprint density at radius 3 is 3.00 bits per heavy atom. The summed E-state index contributed by atoms with van der Waals surface area (Å²) in [4.78, 5) is 25.7. The van der Waals surface area contributed by atoms with Crippen LogP contribution in [0.3, 0.4) is 0 Å². The predicted molar refractivity (Wildman–Crippen MR) is 75.7 cm³/mol. The lowest BCUT2D eigenvalue weighted by Gasteiger charge is -2.38. The maximum atomic E-state index is 12.0. The molecule has 0 radical (unpaired) electrons. The lowest BCUT2D eigenvalue weighted by Crippen LogP contribution is -2.52. The summed E-state index contributed by atoms with van der Waals surface area (Å²) in [5, 5.41) is 11.2. The van der Waals surface area contributed by atoms with Crippen molar-refractivity contribution in [2.45, 2.75) is 12.1 Å². The van der Waals surface area contributed by atoms with Crippen molar-refractivity contribution < 1.29 is 24.2 Å². The fraction of sp³-hybridized carbons (Fsp3) is 0.500. The second kappa shape index (κ2) is 6.66. The molecule has 0 saturated carbocycles. The van der Waals surface area contributed by atoms with E-state index < -0.39 is 18.1 Å². The van der Waals surface area contributed by atoms with E-state index in [1.54, 1.807) is 0 Å². The van der Waals surface area contributed by atoms with Gasteiger partial charge in [-0.1, -0.05) is 0 Å². The van der Waals surface area contributed by atoms with E-state index in [4.69, 9.17) is 9.47 Å². The number of carbonyl (C=O) groups is 2. The number of hydrogen-bond donors (Lipinski definition) is 1. The number of carboxylic acids is 1. The number of rotatable bonds is 5. The largest absolute Gasteiger partial charge is 0.479 e. The highest BCUT2D eigenvalue weighted by Crippen LogP contribution is 2.35. The lowest BCUT2D eigenvalue weighted by molar-refractivity contribution is -0.173. The Morgan fingerprint density at radius 1 is 1.70 bits per heavy atom. The second-order valence-electron chi connectivity index (χ2n) is 4.26. The van der Waals surface area contributed by atoms with Crippen molar-refractivity contribution in [2.75, 3.05) is 26.9 Å². The van der Waals surface area contributed by atoms with Crippen LogP contribution >= 0.6 is 27.3 Å². The summed E-state index contributed by atoms with van der Waals surface area (Å²) in [5.41, 5.74) is 0. The van der Waals surface area contributed by atoms with E-state index >= 15 is 0 Å². The van der Waals surface area contributed by atoms with Crippen LogP contribution in [0.5, 0.6) is 0 Å². The average molecular weight is 364 g/mol. The van der Waals surface area contributed by atoms with E-state index in [0.717, 1.165) is 9.35 Å². The molecule has 1 aromatic rings. The first-order valence-corrected chi connectivity index (χ1v) is 7.58. The molecule has 2 heterocycles. The van der Waals surface area contributed by atoms with Gasteiger partial charge in [0.1, 0.15) is 12.6 Å². The van der Waals surface area contributed by atoms with Gasteiger partial charge in [-0.05, 0) is 22.0 Å². The van der Waals surface area contributed by atoms with Gasteiger partial charge in [0, 0.05) is 28.4 Å². The molecule has 6 nitrogen and oxygen atoms in total. The Bertz CT molecular complexity index is 506. The van der Waals surface area contributed by atoms with Crippen molar-refractivity contribution in [2.24, 2.45) is 0 Å². The zero-order chi connectivity index (χ0) is 14.7. The SMILES string of the molecule is COCCN1C(=O)COC(C(=O)O)C1c1cc(Br)cs1. The molecular weight excluding hydrogens is 350 g/mol. The maximum Gasteiger partial charge on any atom is 0.335 e. The van der Waals surface area contributed by atoms with Gasteiger partial charge in [-0.3, -0.25) is 4.79 Å². The van der Waals surface area contributed by atoms with Gasteiger partial charge in [0.25, 0.3) is 0 Å². The van der Waals surface area contributed by atoms with Gasteiger partial charge in [-0.25, -0.2) is 4.79 Å². The van der Waals surface area contributed by atoms with Crippen LogP contribution in [0.4, 0.5) is 0 Å². The normalized spacial score (nSPS) is 23.1. The molecule has 0 aliphatic carbocycles. The molecule has 2 rings (SSSR count). The van der Waals surface area contributed by atoms with E-state index in [0.29, 0.717) is 13.2 Å². The zero-order valence-corrected chi connectivity index (χ0v) is 13.1. The van der Waals surface area contributed by atoms with Crippen LogP contribution in [0.1, 0.15) is 10.9 Å². The number of hydrogen-bond acceptors (Lipinski definition) is 5. The van der Waals surface area contributed by atoms with Crippen LogP contribution in [0.15, 0.2) is 15.9 Å². The van der Waals surface area contributed by atoms with Gasteiger partial charge in [0.2, 0.25) is 5.91 Å². The second-order valence-corrected chi connectivity index (χ2v) is 6.12. The number of carbonyl (C=O) groups excluding carboxylic acids is 1. The van der Waals surface area contributed by atoms with Crippen molar-refractivity contribution >= 4 is 39.1 Å². The van der Waals surface area contributed by atoms with Crippen LogP contribution < -0.4 is 0 Å². The Balaban J connectivity index is 2.33. The highest BCUT2D eigenvalue weighted by molar-refractivity contribution is 9.10. The molecule has 1 aromatic heterocycles. The van der Waals surface area contributed by atoms with Crippen molar-refractivity contribution in [3.05, 3.63) is 20.8 Å². The summed E-state index contributed by atoms with van der Waals surface area (Å²) in [6, 6.07) is 1.19. The molecule has 1 saturated heterocycles. The topological polar surface area (TPSA) is 76.1 Å². The molecule has 0 aromatic carbocycles. The summed E-state index contributed by atoms with van der Waals surface area (Å²) < 4.78 is 11.0. The number of aliphatic carboxylic acids is 1. The Morgan fingerprint density at radius 2 is 2.45 bits per heavy atom. The number of halogens is 1. The Hall–Kier alpha value is -0.960. The molecule has 0 spiro atoms. The third kappa shape index (κ3) is 3.20. The molecule has 20 heavy (non-hydrogen) atoms. The first-order chi connectivity index (χ1) is 9.54. The lowest BCUT2D eigenvalue weighted by atomic mass is 10.1. The summed E-state index contributed by atoms with van der Waals surface area (Å²) in [5.74, 6) is -1.30. The molecule has 1 aliphatic rings. The van der Waals surface area contributed by atoms with E-state index in [9.17, 15) is 14.7 Å². The summed E-state index contributed by atoms with van der Waals surface area (Å²) in [6.07, 6.45) is -1.06. The molecule has 1 amide bonds. The fourth-order valence-electron chi connectivity index (χ4n) is 2.10.